The fourth-order valence-electron chi connectivity index (χ4n) is 4.53. The number of hydrogen-bond acceptors (Lipinski definition) is 6. The predicted octanol–water partition coefficient (Wildman–Crippen LogP) is 5.00. The van der Waals surface area contributed by atoms with E-state index < -0.39 is 6.10 Å². The lowest BCUT2D eigenvalue weighted by atomic mass is 9.94. The van der Waals surface area contributed by atoms with E-state index in [2.05, 4.69) is 16.5 Å². The molecule has 8 heteroatoms. The van der Waals surface area contributed by atoms with E-state index in [9.17, 15) is 9.90 Å². The maximum Gasteiger partial charge on any atom is 0.260 e. The summed E-state index contributed by atoms with van der Waals surface area (Å²) in [5.41, 5.74) is 1.60. The zero-order valence-electron chi connectivity index (χ0n) is 18.6. The molecule has 1 aliphatic carbocycles. The van der Waals surface area contributed by atoms with Gasteiger partial charge in [-0.1, -0.05) is 49.1 Å². The molecule has 6 nitrogen and oxygen atoms in total. The number of hydrogen-bond donors (Lipinski definition) is 2. The second-order valence-electron chi connectivity index (χ2n) is 8.55. The first-order chi connectivity index (χ1) is 16.0. The van der Waals surface area contributed by atoms with Crippen molar-refractivity contribution in [2.45, 2.75) is 50.8 Å². The molecular weight excluding hydrogens is 458 g/mol. The average molecular weight is 488 g/mol. The van der Waals surface area contributed by atoms with Crippen LogP contribution in [-0.2, 0) is 11.3 Å². The molecule has 0 bridgehead atoms. The second-order valence-corrected chi connectivity index (χ2v) is 9.85. The summed E-state index contributed by atoms with van der Waals surface area (Å²) in [7, 11) is 0. The number of aliphatic hydroxyl groups excluding tert-OH is 1. The van der Waals surface area contributed by atoms with Crippen LogP contribution < -0.4 is 5.56 Å². The number of ether oxygens (including phenoxy) is 1. The number of fused-ring (bicyclic) bond motifs is 1. The van der Waals surface area contributed by atoms with Crippen molar-refractivity contribution in [3.8, 4) is 11.1 Å². The number of aliphatic hydroxyl groups is 1. The third-order valence-corrected chi connectivity index (χ3v) is 7.17. The lowest BCUT2D eigenvalue weighted by Crippen LogP contribution is -2.43. The Morgan fingerprint density at radius 2 is 2.18 bits per heavy atom. The monoisotopic (exact) mass is 487 g/mol. The number of aromatic amines is 1. The summed E-state index contributed by atoms with van der Waals surface area (Å²) in [5, 5.41) is 13.7. The minimum absolute atomic E-state index is 0.148. The van der Waals surface area contributed by atoms with Crippen LogP contribution in [0.5, 0.6) is 0 Å². The molecule has 0 radical (unpaired) electrons. The van der Waals surface area contributed by atoms with Crippen molar-refractivity contribution < 1.29 is 9.84 Å². The third-order valence-electron chi connectivity index (χ3n) is 6.06. The molecular formula is C25H30ClN3O3S. The van der Waals surface area contributed by atoms with Crippen molar-refractivity contribution >= 4 is 33.2 Å². The summed E-state index contributed by atoms with van der Waals surface area (Å²) < 4.78 is 5.44. The van der Waals surface area contributed by atoms with Gasteiger partial charge in [-0.25, -0.2) is 4.98 Å². The first-order valence-electron chi connectivity index (χ1n) is 11.4. The van der Waals surface area contributed by atoms with Gasteiger partial charge in [0.05, 0.1) is 31.2 Å². The fraction of sp³-hybridized carbons (Fsp3) is 0.440. The smallest absolute Gasteiger partial charge is 0.260 e. The van der Waals surface area contributed by atoms with Crippen LogP contribution in [0.2, 0.25) is 5.02 Å². The minimum Gasteiger partial charge on any atom is -0.389 e. The van der Waals surface area contributed by atoms with E-state index in [0.717, 1.165) is 24.0 Å². The number of thiophene rings is 1. The van der Waals surface area contributed by atoms with E-state index in [1.807, 2.05) is 29.6 Å². The van der Waals surface area contributed by atoms with Crippen LogP contribution in [0.3, 0.4) is 0 Å². The molecule has 0 aliphatic heterocycles. The van der Waals surface area contributed by atoms with Gasteiger partial charge in [-0.15, -0.1) is 17.9 Å². The summed E-state index contributed by atoms with van der Waals surface area (Å²) in [6, 6.07) is 7.86. The number of rotatable bonds is 10. The Morgan fingerprint density at radius 1 is 1.36 bits per heavy atom. The minimum atomic E-state index is -0.613. The van der Waals surface area contributed by atoms with Crippen LogP contribution >= 0.6 is 22.9 Å². The molecule has 1 fully saturated rings. The number of H-pyrrole nitrogens is 1. The molecule has 0 unspecified atom stereocenters. The standard InChI is InChI=1S/C25H30ClN3O3S/c1-2-11-32-15-20(30)13-29(19-9-4-3-5-10-19)14-22-27-24(31)23-21(16-33-25(23)28-22)17-7-6-8-18(26)12-17/h2,6-8,12,16,19-20,30H,1,3-5,9-11,13-15H2,(H,27,28,31)/t20-/m0/s1. The molecule has 4 rings (SSSR count). The van der Waals surface area contributed by atoms with Crippen LogP contribution in [0.15, 0.2) is 47.1 Å². The molecule has 3 aromatic rings. The van der Waals surface area contributed by atoms with Crippen molar-refractivity contribution in [1.29, 1.82) is 0 Å². The highest BCUT2D eigenvalue weighted by atomic mass is 35.5. The Hall–Kier alpha value is -2.03. The average Bonchev–Trinajstić information content (AvgIpc) is 3.24. The van der Waals surface area contributed by atoms with Crippen LogP contribution in [0.25, 0.3) is 21.3 Å². The molecule has 1 atom stereocenters. The summed E-state index contributed by atoms with van der Waals surface area (Å²) in [6.45, 7) is 5.27. The van der Waals surface area contributed by atoms with E-state index >= 15 is 0 Å². The normalized spacial score (nSPS) is 15.8. The zero-order chi connectivity index (χ0) is 23.2. The summed E-state index contributed by atoms with van der Waals surface area (Å²) in [5.74, 6) is 0.622. The molecule has 0 spiro atoms. The zero-order valence-corrected chi connectivity index (χ0v) is 20.2. The summed E-state index contributed by atoms with van der Waals surface area (Å²) >= 11 is 7.61. The van der Waals surface area contributed by atoms with Gasteiger partial charge >= 0.3 is 0 Å². The molecule has 1 saturated carbocycles. The van der Waals surface area contributed by atoms with E-state index in [0.29, 0.717) is 46.8 Å². The molecule has 2 heterocycles. The van der Waals surface area contributed by atoms with Crippen molar-refractivity contribution in [3.05, 3.63) is 63.5 Å². The molecule has 1 aromatic carbocycles. The first kappa shape index (κ1) is 24.1. The fourth-order valence-corrected chi connectivity index (χ4v) is 5.69. The highest BCUT2D eigenvalue weighted by molar-refractivity contribution is 7.17. The molecule has 0 amide bonds. The van der Waals surface area contributed by atoms with Gasteiger partial charge in [-0.05, 0) is 30.5 Å². The summed E-state index contributed by atoms with van der Waals surface area (Å²) in [6.07, 6.45) is 6.85. The van der Waals surface area contributed by atoms with E-state index in [4.69, 9.17) is 21.3 Å². The molecule has 2 aromatic heterocycles. The third kappa shape index (κ3) is 6.11. The van der Waals surface area contributed by atoms with Gasteiger partial charge < -0.3 is 14.8 Å². The predicted molar refractivity (Wildman–Crippen MR) is 135 cm³/mol. The highest BCUT2D eigenvalue weighted by Crippen LogP contribution is 2.32. The maximum absolute atomic E-state index is 13.1. The largest absolute Gasteiger partial charge is 0.389 e. The van der Waals surface area contributed by atoms with Gasteiger partial charge in [0.1, 0.15) is 10.7 Å². The van der Waals surface area contributed by atoms with Gasteiger partial charge in [-0.2, -0.15) is 0 Å². The van der Waals surface area contributed by atoms with E-state index in [1.165, 1.54) is 30.6 Å². The lowest BCUT2D eigenvalue weighted by Gasteiger charge is -2.35. The van der Waals surface area contributed by atoms with Crippen LogP contribution in [-0.4, -0.2) is 51.9 Å². The molecule has 176 valence electrons. The van der Waals surface area contributed by atoms with E-state index in [-0.39, 0.29) is 12.2 Å². The van der Waals surface area contributed by atoms with Gasteiger partial charge in [0.2, 0.25) is 0 Å². The van der Waals surface area contributed by atoms with Crippen molar-refractivity contribution in [3.63, 3.8) is 0 Å². The van der Waals surface area contributed by atoms with E-state index in [1.54, 1.807) is 6.08 Å². The highest BCUT2D eigenvalue weighted by Gasteiger charge is 2.25. The number of halogens is 1. The summed E-state index contributed by atoms with van der Waals surface area (Å²) in [4.78, 5) is 23.8. The SMILES string of the molecule is C=CCOC[C@@H](O)CN(Cc1nc2scc(-c3cccc(Cl)c3)c2c(=O)[nH]1)C1CCCCC1. The maximum atomic E-state index is 13.1. The number of nitrogens with one attached hydrogen (secondary N) is 1. The van der Waals surface area contributed by atoms with Crippen LogP contribution in [0.1, 0.15) is 37.9 Å². The Labute approximate surface area is 202 Å². The number of nitrogens with zero attached hydrogens (tertiary/aromatic N) is 2. The second kappa shape index (κ2) is 11.4. The quantitative estimate of drug-likeness (QED) is 0.310. The van der Waals surface area contributed by atoms with Gasteiger partial charge in [0, 0.05) is 28.6 Å². The number of aromatic nitrogens is 2. The van der Waals surface area contributed by atoms with Crippen LogP contribution in [0.4, 0.5) is 0 Å². The van der Waals surface area contributed by atoms with Crippen molar-refractivity contribution in [1.82, 2.24) is 14.9 Å². The Morgan fingerprint density at radius 3 is 2.94 bits per heavy atom. The Balaban J connectivity index is 1.57. The number of benzene rings is 1. The van der Waals surface area contributed by atoms with Gasteiger partial charge in [0.25, 0.3) is 5.56 Å². The Kier molecular flexibility index (Phi) is 8.33. The molecule has 2 N–H and O–H groups in total. The molecule has 1 aliphatic rings. The molecule has 33 heavy (non-hydrogen) atoms. The molecule has 0 saturated heterocycles. The topological polar surface area (TPSA) is 78.5 Å². The van der Waals surface area contributed by atoms with Crippen molar-refractivity contribution in [2.24, 2.45) is 0 Å². The lowest BCUT2D eigenvalue weighted by molar-refractivity contribution is 0.00880. The van der Waals surface area contributed by atoms with Gasteiger partial charge in [0.15, 0.2) is 0 Å². The first-order valence-corrected chi connectivity index (χ1v) is 12.7. The Bertz CT molecular complexity index is 1140. The van der Waals surface area contributed by atoms with Gasteiger partial charge in [-0.3, -0.25) is 9.69 Å². The van der Waals surface area contributed by atoms with Crippen LogP contribution in [0, 0.1) is 0 Å². The van der Waals surface area contributed by atoms with Crippen molar-refractivity contribution in [2.75, 3.05) is 19.8 Å².